The monoisotopic (exact) mass is 421 g/mol. The largest absolute Gasteiger partial charge is 0.507 e. The SMILES string of the molecule is C=C(C)[C@@H]1CCC(C)=C[C@@H]1c1c(O)cc(CCCCC)c(S(=O)(=O)N(C)C)c1O. The quantitative estimate of drug-likeness (QED) is 0.452. The Morgan fingerprint density at radius 3 is 2.48 bits per heavy atom. The summed E-state index contributed by atoms with van der Waals surface area (Å²) in [5.74, 6) is -0.639. The smallest absolute Gasteiger partial charge is 0.246 e. The van der Waals surface area contributed by atoms with Gasteiger partial charge in [-0.15, -0.1) is 0 Å². The van der Waals surface area contributed by atoms with Crippen LogP contribution in [-0.4, -0.2) is 37.0 Å². The minimum atomic E-state index is -3.88. The van der Waals surface area contributed by atoms with Crippen LogP contribution in [0.15, 0.2) is 34.8 Å². The molecule has 0 aliphatic heterocycles. The van der Waals surface area contributed by atoms with E-state index >= 15 is 0 Å². The summed E-state index contributed by atoms with van der Waals surface area (Å²) in [5, 5.41) is 22.1. The maximum Gasteiger partial charge on any atom is 0.246 e. The lowest BCUT2D eigenvalue weighted by Gasteiger charge is -2.32. The van der Waals surface area contributed by atoms with Gasteiger partial charge >= 0.3 is 0 Å². The molecule has 0 unspecified atom stereocenters. The van der Waals surface area contributed by atoms with Gasteiger partial charge in [0, 0.05) is 25.6 Å². The van der Waals surface area contributed by atoms with Crippen molar-refractivity contribution in [2.45, 2.75) is 70.1 Å². The van der Waals surface area contributed by atoms with Crippen molar-refractivity contribution in [1.29, 1.82) is 0 Å². The Hall–Kier alpha value is -1.79. The lowest BCUT2D eigenvalue weighted by Crippen LogP contribution is -2.25. The molecular weight excluding hydrogens is 386 g/mol. The van der Waals surface area contributed by atoms with Gasteiger partial charge in [-0.1, -0.05) is 43.6 Å². The van der Waals surface area contributed by atoms with Crippen LogP contribution in [0.25, 0.3) is 0 Å². The third-order valence-electron chi connectivity index (χ3n) is 5.85. The zero-order chi connectivity index (χ0) is 21.9. The van der Waals surface area contributed by atoms with Crippen LogP contribution in [0.3, 0.4) is 0 Å². The number of hydrogen-bond acceptors (Lipinski definition) is 4. The van der Waals surface area contributed by atoms with Crippen LogP contribution in [0.1, 0.15) is 69.9 Å². The number of nitrogens with zero attached hydrogens (tertiary/aromatic N) is 1. The second-order valence-corrected chi connectivity index (χ2v) is 10.5. The van der Waals surface area contributed by atoms with Crippen molar-refractivity contribution in [3.8, 4) is 11.5 Å². The number of benzene rings is 1. The number of rotatable bonds is 8. The molecule has 2 N–H and O–H groups in total. The maximum absolute atomic E-state index is 13.1. The van der Waals surface area contributed by atoms with Crippen molar-refractivity contribution in [2.75, 3.05) is 14.1 Å². The van der Waals surface area contributed by atoms with Crippen molar-refractivity contribution in [1.82, 2.24) is 4.31 Å². The fourth-order valence-corrected chi connectivity index (χ4v) is 5.37. The molecule has 5 nitrogen and oxygen atoms in total. The summed E-state index contributed by atoms with van der Waals surface area (Å²) in [5.41, 5.74) is 2.88. The molecule has 0 bridgehead atoms. The van der Waals surface area contributed by atoms with Crippen molar-refractivity contribution in [3.05, 3.63) is 41.0 Å². The predicted molar refractivity (Wildman–Crippen MR) is 118 cm³/mol. The van der Waals surface area contributed by atoms with E-state index in [9.17, 15) is 18.6 Å². The topological polar surface area (TPSA) is 77.8 Å². The van der Waals surface area contributed by atoms with Gasteiger partial charge in [0.15, 0.2) is 0 Å². The fraction of sp³-hybridized carbons (Fsp3) is 0.565. The molecule has 1 aromatic rings. The van der Waals surface area contributed by atoms with Crippen LogP contribution in [-0.2, 0) is 16.4 Å². The number of sulfonamides is 1. The molecule has 162 valence electrons. The van der Waals surface area contributed by atoms with Crippen LogP contribution >= 0.6 is 0 Å². The number of allylic oxidation sites excluding steroid dienone is 3. The highest BCUT2D eigenvalue weighted by molar-refractivity contribution is 7.89. The summed E-state index contributed by atoms with van der Waals surface area (Å²) in [4.78, 5) is -0.0801. The molecule has 2 atom stereocenters. The standard InChI is InChI=1S/C23H35NO4S/c1-7-8-9-10-17-14-20(25)21(22(26)23(17)29(27,28)24(5)6)19-13-16(4)11-12-18(19)15(2)3/h13-14,18-19,25-26H,2,7-12H2,1,3-6H3/t18-,19-/m0/s1. The number of phenols is 2. The van der Waals surface area contributed by atoms with E-state index in [1.54, 1.807) is 0 Å². The average molecular weight is 422 g/mol. The van der Waals surface area contributed by atoms with E-state index in [0.29, 0.717) is 12.0 Å². The van der Waals surface area contributed by atoms with Gasteiger partial charge in [0.05, 0.1) is 0 Å². The highest BCUT2D eigenvalue weighted by Gasteiger charge is 2.35. The van der Waals surface area contributed by atoms with Crippen molar-refractivity contribution in [2.24, 2.45) is 5.92 Å². The zero-order valence-electron chi connectivity index (χ0n) is 18.3. The van der Waals surface area contributed by atoms with E-state index in [2.05, 4.69) is 13.5 Å². The van der Waals surface area contributed by atoms with E-state index in [1.165, 1.54) is 20.2 Å². The molecule has 0 saturated heterocycles. The third-order valence-corrected chi connectivity index (χ3v) is 7.78. The molecule has 2 rings (SSSR count). The minimum absolute atomic E-state index is 0.0383. The molecular formula is C23H35NO4S. The summed E-state index contributed by atoms with van der Waals surface area (Å²) >= 11 is 0. The number of aryl methyl sites for hydroxylation is 1. The Morgan fingerprint density at radius 1 is 1.28 bits per heavy atom. The second kappa shape index (κ2) is 9.35. The number of phenolic OH excluding ortho intramolecular Hbond substituents is 2. The van der Waals surface area contributed by atoms with Gasteiger partial charge in [-0.05, 0) is 57.1 Å². The molecule has 0 saturated carbocycles. The van der Waals surface area contributed by atoms with Gasteiger partial charge < -0.3 is 10.2 Å². The molecule has 29 heavy (non-hydrogen) atoms. The Bertz CT molecular complexity index is 900. The predicted octanol–water partition coefficient (Wildman–Crippen LogP) is 5.10. The van der Waals surface area contributed by atoms with Gasteiger partial charge in [-0.25, -0.2) is 12.7 Å². The van der Waals surface area contributed by atoms with E-state index < -0.39 is 10.0 Å². The molecule has 0 radical (unpaired) electrons. The van der Waals surface area contributed by atoms with Crippen molar-refractivity contribution in [3.63, 3.8) is 0 Å². The summed E-state index contributed by atoms with van der Waals surface area (Å²) in [7, 11) is -0.962. The van der Waals surface area contributed by atoms with Gasteiger partial charge in [0.2, 0.25) is 10.0 Å². The highest BCUT2D eigenvalue weighted by atomic mass is 32.2. The minimum Gasteiger partial charge on any atom is -0.507 e. The zero-order valence-corrected chi connectivity index (χ0v) is 19.1. The summed E-state index contributed by atoms with van der Waals surface area (Å²) in [6, 6.07) is 1.54. The number of hydrogen-bond donors (Lipinski definition) is 2. The highest BCUT2D eigenvalue weighted by Crippen LogP contribution is 2.49. The number of unbranched alkanes of at least 4 members (excludes halogenated alkanes) is 2. The summed E-state index contributed by atoms with van der Waals surface area (Å²) in [6.45, 7) is 10.1. The fourth-order valence-electron chi connectivity index (χ4n) is 4.16. The first-order valence-corrected chi connectivity index (χ1v) is 11.8. The first-order valence-electron chi connectivity index (χ1n) is 10.3. The Morgan fingerprint density at radius 2 is 1.93 bits per heavy atom. The van der Waals surface area contributed by atoms with E-state index in [1.807, 2.05) is 19.9 Å². The Balaban J connectivity index is 2.74. The molecule has 6 heteroatoms. The van der Waals surface area contributed by atoms with E-state index in [4.69, 9.17) is 0 Å². The Kier molecular flexibility index (Phi) is 7.57. The molecule has 1 aliphatic rings. The first kappa shape index (κ1) is 23.5. The summed E-state index contributed by atoms with van der Waals surface area (Å²) < 4.78 is 27.3. The van der Waals surface area contributed by atoms with E-state index in [0.717, 1.165) is 47.6 Å². The van der Waals surface area contributed by atoms with Crippen LogP contribution in [0.2, 0.25) is 0 Å². The van der Waals surface area contributed by atoms with Gasteiger partial charge in [0.25, 0.3) is 0 Å². The number of aromatic hydroxyl groups is 2. The van der Waals surface area contributed by atoms with Crippen molar-refractivity contribution >= 4 is 10.0 Å². The lowest BCUT2D eigenvalue weighted by molar-refractivity contribution is 0.395. The lowest BCUT2D eigenvalue weighted by atomic mass is 9.73. The van der Waals surface area contributed by atoms with Gasteiger partial charge in [-0.2, -0.15) is 0 Å². The molecule has 1 aromatic carbocycles. The molecule has 0 amide bonds. The molecule has 0 aromatic heterocycles. The average Bonchev–Trinajstić information content (AvgIpc) is 2.61. The Labute approximate surface area is 175 Å². The van der Waals surface area contributed by atoms with E-state index in [-0.39, 0.29) is 33.8 Å². The third kappa shape index (κ3) is 4.86. The van der Waals surface area contributed by atoms with Crippen molar-refractivity contribution < 1.29 is 18.6 Å². The molecule has 0 spiro atoms. The van der Waals surface area contributed by atoms with Gasteiger partial charge in [0.1, 0.15) is 16.4 Å². The van der Waals surface area contributed by atoms with Crippen LogP contribution in [0, 0.1) is 5.92 Å². The van der Waals surface area contributed by atoms with Gasteiger partial charge in [-0.3, -0.25) is 0 Å². The second-order valence-electron chi connectivity index (χ2n) is 8.42. The van der Waals surface area contributed by atoms with Crippen LogP contribution in [0.4, 0.5) is 0 Å². The van der Waals surface area contributed by atoms with Crippen LogP contribution in [0.5, 0.6) is 11.5 Å². The molecule has 0 fully saturated rings. The maximum atomic E-state index is 13.1. The normalized spacial score (nSPS) is 20.0. The van der Waals surface area contributed by atoms with Crippen LogP contribution < -0.4 is 0 Å². The first-order chi connectivity index (χ1) is 13.5. The molecule has 1 aliphatic carbocycles. The molecule has 0 heterocycles. The summed E-state index contributed by atoms with van der Waals surface area (Å²) in [6.07, 6.45) is 7.04.